The normalized spacial score (nSPS) is 11.1. The summed E-state index contributed by atoms with van der Waals surface area (Å²) in [6, 6.07) is 2.88. The van der Waals surface area contributed by atoms with Crippen molar-refractivity contribution >= 4 is 57.9 Å². The zero-order chi connectivity index (χ0) is 23.3. The van der Waals surface area contributed by atoms with Gasteiger partial charge >= 0.3 is 5.69 Å². The van der Waals surface area contributed by atoms with Crippen molar-refractivity contribution in [2.24, 2.45) is 5.92 Å². The van der Waals surface area contributed by atoms with Crippen LogP contribution in [0.25, 0.3) is 0 Å². The average molecular weight is 491 g/mol. The molecule has 2 rings (SSSR count). The summed E-state index contributed by atoms with van der Waals surface area (Å²) in [5, 5.41) is 3.41. The highest BCUT2D eigenvalue weighted by atomic mass is 35.5. The number of nitrogen functional groups attached to an aromatic ring is 1. The van der Waals surface area contributed by atoms with E-state index < -0.39 is 17.2 Å². The smallest absolute Gasteiger partial charge is 0.330 e. The van der Waals surface area contributed by atoms with Gasteiger partial charge in [-0.15, -0.1) is 0 Å². The van der Waals surface area contributed by atoms with Crippen molar-refractivity contribution in [2.75, 3.05) is 29.0 Å². The third kappa shape index (κ3) is 6.41. The number of carbonyl (C=O) groups excluding carboxylic acids is 1. The van der Waals surface area contributed by atoms with Gasteiger partial charge in [0.25, 0.3) is 5.56 Å². The van der Waals surface area contributed by atoms with Gasteiger partial charge in [0.1, 0.15) is 11.5 Å². The summed E-state index contributed by atoms with van der Waals surface area (Å²) in [6.07, 6.45) is 1.54. The van der Waals surface area contributed by atoms with E-state index in [1.807, 2.05) is 20.8 Å². The molecule has 2 aromatic rings. The highest BCUT2D eigenvalue weighted by Gasteiger charge is 2.22. The van der Waals surface area contributed by atoms with E-state index in [0.717, 1.165) is 6.42 Å². The first-order valence-corrected chi connectivity index (χ1v) is 11.0. The van der Waals surface area contributed by atoms with Crippen molar-refractivity contribution in [1.82, 2.24) is 9.55 Å². The Morgan fingerprint density at radius 2 is 1.84 bits per heavy atom. The average Bonchev–Trinajstić information content (AvgIpc) is 2.67. The summed E-state index contributed by atoms with van der Waals surface area (Å²) >= 11 is 18.1. The first-order valence-electron chi connectivity index (χ1n) is 9.87. The molecule has 0 aliphatic rings. The topological polar surface area (TPSA) is 113 Å². The maximum absolute atomic E-state index is 12.8. The van der Waals surface area contributed by atoms with Gasteiger partial charge in [0.05, 0.1) is 27.3 Å². The Bertz CT molecular complexity index is 1070. The molecule has 0 fully saturated rings. The molecule has 8 nitrogen and oxygen atoms in total. The van der Waals surface area contributed by atoms with Crippen LogP contribution >= 0.6 is 34.8 Å². The summed E-state index contributed by atoms with van der Waals surface area (Å²) < 4.78 is 1.31. The lowest BCUT2D eigenvalue weighted by molar-refractivity contribution is -0.115. The molecule has 0 radical (unpaired) electrons. The molecule has 31 heavy (non-hydrogen) atoms. The largest absolute Gasteiger partial charge is 0.383 e. The van der Waals surface area contributed by atoms with Gasteiger partial charge in [0.2, 0.25) is 5.91 Å². The number of unbranched alkanes of at least 4 members (excludes halogenated alkanes) is 1. The number of hydrogen-bond donors (Lipinski definition) is 3. The van der Waals surface area contributed by atoms with E-state index in [9.17, 15) is 14.4 Å². The van der Waals surface area contributed by atoms with Crippen LogP contribution in [-0.2, 0) is 11.3 Å². The number of H-pyrrole nitrogens is 1. The van der Waals surface area contributed by atoms with Crippen LogP contribution in [0.2, 0.25) is 15.1 Å². The van der Waals surface area contributed by atoms with E-state index in [2.05, 4.69) is 10.3 Å². The molecule has 170 valence electrons. The Morgan fingerprint density at radius 3 is 2.45 bits per heavy atom. The highest BCUT2D eigenvalue weighted by Crippen LogP contribution is 2.32. The predicted molar refractivity (Wildman–Crippen MR) is 128 cm³/mol. The fourth-order valence-electron chi connectivity index (χ4n) is 3.03. The number of anilines is 3. The van der Waals surface area contributed by atoms with Gasteiger partial charge in [-0.2, -0.15) is 0 Å². The van der Waals surface area contributed by atoms with Gasteiger partial charge in [-0.25, -0.2) is 4.79 Å². The van der Waals surface area contributed by atoms with E-state index in [0.29, 0.717) is 25.2 Å². The molecule has 0 saturated carbocycles. The Hall–Kier alpha value is -2.16. The lowest BCUT2D eigenvalue weighted by Crippen LogP contribution is -2.42. The van der Waals surface area contributed by atoms with Crippen LogP contribution in [0.5, 0.6) is 0 Å². The second-order valence-corrected chi connectivity index (χ2v) is 8.79. The number of hydrogen-bond acceptors (Lipinski definition) is 5. The predicted octanol–water partition coefficient (Wildman–Crippen LogP) is 3.98. The molecule has 11 heteroatoms. The van der Waals surface area contributed by atoms with Crippen molar-refractivity contribution in [2.45, 2.75) is 40.2 Å². The molecule has 0 bridgehead atoms. The van der Waals surface area contributed by atoms with Crippen LogP contribution in [0.3, 0.4) is 0 Å². The summed E-state index contributed by atoms with van der Waals surface area (Å²) in [5.74, 6) is -0.279. The third-order valence-electron chi connectivity index (χ3n) is 4.48. The van der Waals surface area contributed by atoms with Crippen LogP contribution < -0.4 is 27.2 Å². The van der Waals surface area contributed by atoms with Crippen LogP contribution in [-0.4, -0.2) is 28.5 Å². The second-order valence-electron chi connectivity index (χ2n) is 7.57. The Labute approximate surface area is 195 Å². The van der Waals surface area contributed by atoms with Gasteiger partial charge in [-0.05, 0) is 24.5 Å². The lowest BCUT2D eigenvalue weighted by Gasteiger charge is -2.26. The number of carbonyl (C=O) groups is 1. The number of aromatic amines is 1. The zero-order valence-corrected chi connectivity index (χ0v) is 19.9. The summed E-state index contributed by atoms with van der Waals surface area (Å²) in [6.45, 7) is 6.40. The van der Waals surface area contributed by atoms with Crippen molar-refractivity contribution in [3.8, 4) is 0 Å². The minimum absolute atomic E-state index is 0.0268. The molecule has 0 spiro atoms. The quantitative estimate of drug-likeness (QED) is 0.460. The molecule has 0 aliphatic heterocycles. The molecule has 1 aromatic carbocycles. The third-order valence-corrected chi connectivity index (χ3v) is 5.51. The highest BCUT2D eigenvalue weighted by molar-refractivity contribution is 6.44. The number of halogens is 3. The van der Waals surface area contributed by atoms with Crippen molar-refractivity contribution in [3.05, 3.63) is 48.0 Å². The standard InChI is InChI=1S/C20H26Cl3N5O3/c1-4-5-6-27(10-16(29)25-15-8-13(22)12(21)7-14(15)23)17-18(24)28(9-11(2)3)20(31)26-19(17)30/h7-8,11H,4-6,9-10,24H2,1-3H3,(H,25,29)(H,26,30,31). The number of nitrogens with one attached hydrogen (secondary N) is 2. The number of amides is 1. The molecule has 0 unspecified atom stereocenters. The van der Waals surface area contributed by atoms with Gasteiger partial charge in [-0.1, -0.05) is 62.0 Å². The maximum Gasteiger partial charge on any atom is 0.330 e. The lowest BCUT2D eigenvalue weighted by atomic mass is 10.2. The molecule has 4 N–H and O–H groups in total. The van der Waals surface area contributed by atoms with Gasteiger partial charge in [0, 0.05) is 13.1 Å². The SMILES string of the molecule is CCCCN(CC(=O)Nc1cc(Cl)c(Cl)cc1Cl)c1c(N)n(CC(C)C)c(=O)[nH]c1=O. The molecular formula is C20H26Cl3N5O3. The molecule has 1 heterocycles. The van der Waals surface area contributed by atoms with Crippen LogP contribution in [0.1, 0.15) is 33.6 Å². The number of aromatic nitrogens is 2. The monoisotopic (exact) mass is 489 g/mol. The zero-order valence-electron chi connectivity index (χ0n) is 17.6. The number of nitrogens with two attached hydrogens (primary N) is 1. The van der Waals surface area contributed by atoms with Crippen LogP contribution in [0.4, 0.5) is 17.2 Å². The van der Waals surface area contributed by atoms with Gasteiger partial charge < -0.3 is 16.0 Å². The van der Waals surface area contributed by atoms with E-state index in [1.165, 1.54) is 16.7 Å². The molecule has 0 saturated heterocycles. The molecule has 0 aliphatic carbocycles. The Kier molecular flexibility index (Phi) is 8.85. The van der Waals surface area contributed by atoms with Gasteiger partial charge in [-0.3, -0.25) is 19.1 Å². The van der Waals surface area contributed by atoms with E-state index in [4.69, 9.17) is 40.5 Å². The molecule has 1 aromatic heterocycles. The summed E-state index contributed by atoms with van der Waals surface area (Å²) in [7, 11) is 0. The Morgan fingerprint density at radius 1 is 1.19 bits per heavy atom. The Balaban J connectivity index is 2.38. The van der Waals surface area contributed by atoms with E-state index >= 15 is 0 Å². The number of nitrogens with zero attached hydrogens (tertiary/aromatic N) is 2. The van der Waals surface area contributed by atoms with Crippen LogP contribution in [0.15, 0.2) is 21.7 Å². The second kappa shape index (κ2) is 10.9. The molecular weight excluding hydrogens is 465 g/mol. The maximum atomic E-state index is 12.8. The molecule has 1 amide bonds. The van der Waals surface area contributed by atoms with E-state index in [1.54, 1.807) is 4.90 Å². The summed E-state index contributed by atoms with van der Waals surface area (Å²) in [5.41, 5.74) is 5.37. The molecule has 0 atom stereocenters. The van der Waals surface area contributed by atoms with Crippen molar-refractivity contribution in [3.63, 3.8) is 0 Å². The minimum atomic E-state index is -0.640. The first-order chi connectivity index (χ1) is 14.5. The number of rotatable bonds is 9. The van der Waals surface area contributed by atoms with Crippen molar-refractivity contribution < 1.29 is 4.79 Å². The first kappa shape index (κ1) is 25.1. The van der Waals surface area contributed by atoms with E-state index in [-0.39, 0.29) is 39.0 Å². The van der Waals surface area contributed by atoms with Gasteiger partial charge in [0.15, 0.2) is 0 Å². The number of benzene rings is 1. The fourth-order valence-corrected chi connectivity index (χ4v) is 3.62. The summed E-state index contributed by atoms with van der Waals surface area (Å²) in [4.78, 5) is 41.5. The fraction of sp³-hybridized carbons (Fsp3) is 0.450. The minimum Gasteiger partial charge on any atom is -0.383 e. The van der Waals surface area contributed by atoms with Crippen LogP contribution in [0, 0.1) is 5.92 Å². The van der Waals surface area contributed by atoms with Crippen molar-refractivity contribution in [1.29, 1.82) is 0 Å².